The monoisotopic (exact) mass is 478 g/mol. The van der Waals surface area contributed by atoms with E-state index in [4.69, 9.17) is 15.9 Å². The van der Waals surface area contributed by atoms with Crippen LogP contribution in [-0.2, 0) is 23.9 Å². The molecule has 0 bridgehead atoms. The van der Waals surface area contributed by atoms with Crippen LogP contribution in [0.2, 0.25) is 0 Å². The van der Waals surface area contributed by atoms with Gasteiger partial charge in [-0.05, 0) is 43.3 Å². The Morgan fingerprint density at radius 3 is 2.35 bits per heavy atom. The third-order valence-electron chi connectivity index (χ3n) is 4.93. The maximum absolute atomic E-state index is 13.1. The second-order valence-corrected chi connectivity index (χ2v) is 7.42. The molecule has 3 rings (SSSR count). The van der Waals surface area contributed by atoms with Crippen molar-refractivity contribution in [2.24, 2.45) is 5.73 Å². The Morgan fingerprint density at radius 2 is 1.79 bits per heavy atom. The van der Waals surface area contributed by atoms with Gasteiger partial charge in [-0.3, -0.25) is 15.0 Å². The molecule has 0 aliphatic carbocycles. The Balaban J connectivity index is 1.87. The van der Waals surface area contributed by atoms with Crippen molar-refractivity contribution in [1.29, 1.82) is 5.41 Å². The highest BCUT2D eigenvalue weighted by molar-refractivity contribution is 6.05. The summed E-state index contributed by atoms with van der Waals surface area (Å²) in [7, 11) is 0. The lowest BCUT2D eigenvalue weighted by molar-refractivity contribution is -0.210. The topological polar surface area (TPSA) is 135 Å². The van der Waals surface area contributed by atoms with Crippen LogP contribution in [-0.4, -0.2) is 55.2 Å². The summed E-state index contributed by atoms with van der Waals surface area (Å²) < 4.78 is 48.4. The van der Waals surface area contributed by atoms with Crippen molar-refractivity contribution in [3.05, 3.63) is 59.7 Å². The summed E-state index contributed by atoms with van der Waals surface area (Å²) in [5, 5.41) is 9.68. The first-order valence-electron chi connectivity index (χ1n) is 10.00. The predicted molar refractivity (Wildman–Crippen MR) is 115 cm³/mol. The molecule has 0 aromatic heterocycles. The number of carbonyl (C=O) groups excluding carboxylic acids is 3. The fourth-order valence-electron chi connectivity index (χ4n) is 3.19. The molecule has 4 N–H and O–H groups in total. The second-order valence-electron chi connectivity index (χ2n) is 7.42. The molecule has 0 radical (unpaired) electrons. The van der Waals surface area contributed by atoms with Crippen molar-refractivity contribution in [2.45, 2.75) is 25.3 Å². The van der Waals surface area contributed by atoms with Gasteiger partial charge in [-0.1, -0.05) is 17.7 Å². The molecule has 1 saturated heterocycles. The third-order valence-corrected chi connectivity index (χ3v) is 4.93. The van der Waals surface area contributed by atoms with Crippen LogP contribution in [0.1, 0.15) is 11.1 Å². The maximum Gasteiger partial charge on any atom is 0.490 e. The number of alkyl halides is 3. The zero-order valence-corrected chi connectivity index (χ0v) is 17.9. The van der Waals surface area contributed by atoms with E-state index in [0.29, 0.717) is 11.3 Å². The molecule has 1 aliphatic heterocycles. The number of morpholine rings is 1. The Morgan fingerprint density at radius 1 is 1.18 bits per heavy atom. The molecule has 2 unspecified atom stereocenters. The van der Waals surface area contributed by atoms with Crippen LogP contribution in [0.5, 0.6) is 0 Å². The first-order chi connectivity index (χ1) is 16.0. The number of ether oxygens (including phenoxy) is 2. The van der Waals surface area contributed by atoms with Gasteiger partial charge < -0.3 is 25.4 Å². The van der Waals surface area contributed by atoms with Crippen LogP contribution >= 0.6 is 0 Å². The highest BCUT2D eigenvalue weighted by Gasteiger charge is 2.48. The number of nitrogen functional groups attached to an aromatic ring is 1. The number of nitrogens with zero attached hydrogens (tertiary/aromatic N) is 1. The first kappa shape index (κ1) is 24.7. The zero-order valence-electron chi connectivity index (χ0n) is 17.9. The largest absolute Gasteiger partial charge is 0.490 e. The quantitative estimate of drug-likeness (QED) is 0.331. The van der Waals surface area contributed by atoms with Crippen LogP contribution in [0.25, 0.3) is 0 Å². The SMILES string of the molecule is Cc1ccc(N2CCOC(C(OC(=O)C(F)(F)F)C(=O)Nc3ccc(C(=N)N)cc3)C2=O)cc1. The van der Waals surface area contributed by atoms with Gasteiger partial charge in [0.2, 0.25) is 6.10 Å². The third kappa shape index (κ3) is 5.70. The maximum atomic E-state index is 13.1. The Bertz CT molecular complexity index is 1090. The van der Waals surface area contributed by atoms with Crippen LogP contribution in [0.4, 0.5) is 24.5 Å². The molecule has 1 heterocycles. The average molecular weight is 478 g/mol. The number of hydrogen-bond donors (Lipinski definition) is 3. The molecule has 0 saturated carbocycles. The number of hydrogen-bond acceptors (Lipinski definition) is 6. The molecule has 2 aromatic carbocycles. The Kier molecular flexibility index (Phi) is 7.20. The number of halogens is 3. The summed E-state index contributed by atoms with van der Waals surface area (Å²) in [6.07, 6.45) is -9.42. The second kappa shape index (κ2) is 9.91. The molecule has 0 spiro atoms. The first-order valence-corrected chi connectivity index (χ1v) is 10.00. The number of rotatable bonds is 6. The van der Waals surface area contributed by atoms with E-state index in [1.807, 2.05) is 6.92 Å². The minimum absolute atomic E-state index is 0.0897. The van der Waals surface area contributed by atoms with Crippen LogP contribution in [0, 0.1) is 12.3 Å². The molecule has 9 nitrogen and oxygen atoms in total. The predicted octanol–water partition coefficient (Wildman–Crippen LogP) is 2.12. The summed E-state index contributed by atoms with van der Waals surface area (Å²) in [6, 6.07) is 12.3. The molecule has 1 fully saturated rings. The van der Waals surface area contributed by atoms with E-state index in [-0.39, 0.29) is 24.7 Å². The normalized spacial score (nSPS) is 17.1. The molecular formula is C22H21F3N4O5. The van der Waals surface area contributed by atoms with Gasteiger partial charge in [0.25, 0.3) is 11.8 Å². The minimum atomic E-state index is -5.39. The van der Waals surface area contributed by atoms with E-state index in [1.54, 1.807) is 24.3 Å². The number of esters is 1. The van der Waals surface area contributed by atoms with Gasteiger partial charge in [-0.15, -0.1) is 0 Å². The van der Waals surface area contributed by atoms with Crippen LogP contribution < -0.4 is 16.0 Å². The standard InChI is InChI=1S/C22H21F3N4O5/c1-12-2-8-15(9-3-12)29-10-11-33-17(20(29)31)16(34-21(32)22(23,24)25)19(30)28-14-6-4-13(5-7-14)18(26)27/h2-9,16-17H,10-11H2,1H3,(H3,26,27)(H,28,30). The molecule has 2 atom stereocenters. The molecule has 2 amide bonds. The lowest BCUT2D eigenvalue weighted by Crippen LogP contribution is -2.57. The molecular weight excluding hydrogens is 457 g/mol. The summed E-state index contributed by atoms with van der Waals surface area (Å²) in [6.45, 7) is 1.82. The minimum Gasteiger partial charge on any atom is -0.442 e. The van der Waals surface area contributed by atoms with E-state index >= 15 is 0 Å². The van der Waals surface area contributed by atoms with Crippen molar-refractivity contribution in [3.8, 4) is 0 Å². The van der Waals surface area contributed by atoms with E-state index in [2.05, 4.69) is 10.1 Å². The molecule has 34 heavy (non-hydrogen) atoms. The molecule has 1 aliphatic rings. The highest BCUT2D eigenvalue weighted by atomic mass is 19.4. The number of nitrogens with two attached hydrogens (primary N) is 1. The summed E-state index contributed by atoms with van der Waals surface area (Å²) in [5.41, 5.74) is 7.20. The van der Waals surface area contributed by atoms with Gasteiger partial charge >= 0.3 is 12.1 Å². The molecule has 2 aromatic rings. The van der Waals surface area contributed by atoms with Gasteiger partial charge in [-0.25, -0.2) is 4.79 Å². The van der Waals surface area contributed by atoms with Crippen LogP contribution in [0.3, 0.4) is 0 Å². The lowest BCUT2D eigenvalue weighted by atomic mass is 10.1. The number of aryl methyl sites for hydroxylation is 1. The number of amides is 2. The van der Waals surface area contributed by atoms with Gasteiger partial charge in [0.15, 0.2) is 6.10 Å². The Labute approximate surface area is 192 Å². The lowest BCUT2D eigenvalue weighted by Gasteiger charge is -2.35. The summed E-state index contributed by atoms with van der Waals surface area (Å²) >= 11 is 0. The molecule has 180 valence electrons. The van der Waals surface area contributed by atoms with Crippen molar-refractivity contribution in [3.63, 3.8) is 0 Å². The smallest absolute Gasteiger partial charge is 0.442 e. The van der Waals surface area contributed by atoms with Crippen molar-refractivity contribution >= 4 is 35.0 Å². The zero-order chi connectivity index (χ0) is 25.0. The van der Waals surface area contributed by atoms with Gasteiger partial charge in [0.1, 0.15) is 5.84 Å². The van der Waals surface area contributed by atoms with Gasteiger partial charge in [-0.2, -0.15) is 13.2 Å². The van der Waals surface area contributed by atoms with E-state index < -0.39 is 36.2 Å². The fourth-order valence-corrected chi connectivity index (χ4v) is 3.19. The number of carbonyl (C=O) groups is 3. The van der Waals surface area contributed by atoms with E-state index in [9.17, 15) is 27.6 Å². The van der Waals surface area contributed by atoms with Gasteiger partial charge in [0, 0.05) is 23.5 Å². The number of amidine groups is 1. The van der Waals surface area contributed by atoms with Crippen molar-refractivity contribution in [2.75, 3.05) is 23.4 Å². The summed E-state index contributed by atoms with van der Waals surface area (Å²) in [5.74, 6) is -4.90. The number of anilines is 2. The van der Waals surface area contributed by atoms with Crippen molar-refractivity contribution in [1.82, 2.24) is 0 Å². The van der Waals surface area contributed by atoms with Gasteiger partial charge in [0.05, 0.1) is 6.61 Å². The Hall–Kier alpha value is -3.93. The fraction of sp³-hybridized carbons (Fsp3) is 0.273. The van der Waals surface area contributed by atoms with E-state index in [0.717, 1.165) is 5.56 Å². The van der Waals surface area contributed by atoms with Crippen molar-refractivity contribution < 1.29 is 37.0 Å². The average Bonchev–Trinajstić information content (AvgIpc) is 2.78. The van der Waals surface area contributed by atoms with E-state index in [1.165, 1.54) is 29.2 Å². The number of benzene rings is 2. The number of nitrogens with one attached hydrogen (secondary N) is 2. The summed E-state index contributed by atoms with van der Waals surface area (Å²) in [4.78, 5) is 38.7. The molecule has 12 heteroatoms. The van der Waals surface area contributed by atoms with Crippen LogP contribution in [0.15, 0.2) is 48.5 Å². The highest BCUT2D eigenvalue weighted by Crippen LogP contribution is 2.25.